The van der Waals surface area contributed by atoms with Gasteiger partial charge >= 0.3 is 0 Å². The van der Waals surface area contributed by atoms with Crippen molar-refractivity contribution in [3.05, 3.63) is 59.2 Å². The number of fused-ring (bicyclic) bond motifs is 1. The van der Waals surface area contributed by atoms with Gasteiger partial charge in [-0.1, -0.05) is 17.7 Å². The first-order valence-corrected chi connectivity index (χ1v) is 10.4. The minimum atomic E-state index is 0. The highest BCUT2D eigenvalue weighted by atomic mass is 35.5. The van der Waals surface area contributed by atoms with Crippen molar-refractivity contribution in [2.75, 3.05) is 12.4 Å². The van der Waals surface area contributed by atoms with E-state index in [1.54, 1.807) is 13.2 Å². The minimum absolute atomic E-state index is 0. The lowest BCUT2D eigenvalue weighted by Crippen LogP contribution is -2.36. The second-order valence-corrected chi connectivity index (χ2v) is 8.02. The van der Waals surface area contributed by atoms with E-state index in [0.717, 1.165) is 47.8 Å². The lowest BCUT2D eigenvalue weighted by molar-refractivity contribution is 0.350. The molecule has 1 saturated carbocycles. The summed E-state index contributed by atoms with van der Waals surface area (Å²) in [5.41, 5.74) is 2.93. The van der Waals surface area contributed by atoms with Crippen molar-refractivity contribution in [1.29, 1.82) is 0 Å². The SMILES string of the molecule is COc1ccc(CN[C@H]2CC[C@@H](Nc3ccnc4cc(Cl)ccc34)CC2)c(O)c1.Cl.Cl. The van der Waals surface area contributed by atoms with Crippen molar-refractivity contribution < 1.29 is 9.84 Å². The second kappa shape index (κ2) is 11.6. The fourth-order valence-electron chi connectivity index (χ4n) is 3.98. The number of pyridine rings is 1. The van der Waals surface area contributed by atoms with Gasteiger partial charge in [-0.3, -0.25) is 4.98 Å². The molecule has 0 bridgehead atoms. The van der Waals surface area contributed by atoms with Crippen LogP contribution in [0.25, 0.3) is 10.9 Å². The van der Waals surface area contributed by atoms with Gasteiger partial charge in [0.15, 0.2) is 0 Å². The molecule has 0 aliphatic heterocycles. The predicted molar refractivity (Wildman–Crippen MR) is 132 cm³/mol. The van der Waals surface area contributed by atoms with Crippen molar-refractivity contribution >= 4 is 53.0 Å². The van der Waals surface area contributed by atoms with Crippen LogP contribution in [-0.4, -0.2) is 29.3 Å². The van der Waals surface area contributed by atoms with E-state index in [1.807, 2.05) is 42.6 Å². The number of anilines is 1. The van der Waals surface area contributed by atoms with Gasteiger partial charge in [-0.15, -0.1) is 24.8 Å². The number of methoxy groups -OCH3 is 1. The maximum atomic E-state index is 10.1. The molecule has 0 amide bonds. The van der Waals surface area contributed by atoms with Crippen LogP contribution in [0.2, 0.25) is 5.02 Å². The Hall–Kier alpha value is -1.92. The zero-order chi connectivity index (χ0) is 20.2. The average molecular weight is 485 g/mol. The molecule has 1 heterocycles. The number of phenols is 1. The van der Waals surface area contributed by atoms with E-state index in [0.29, 0.717) is 29.4 Å². The monoisotopic (exact) mass is 483 g/mol. The zero-order valence-corrected chi connectivity index (χ0v) is 19.7. The number of benzene rings is 2. The first-order chi connectivity index (χ1) is 14.1. The quantitative estimate of drug-likeness (QED) is 0.403. The molecular formula is C23H28Cl3N3O2. The van der Waals surface area contributed by atoms with Crippen molar-refractivity contribution in [1.82, 2.24) is 10.3 Å². The predicted octanol–water partition coefficient (Wildman–Crippen LogP) is 5.96. The molecule has 5 nitrogen and oxygen atoms in total. The van der Waals surface area contributed by atoms with Gasteiger partial charge in [-0.05, 0) is 56.0 Å². The summed E-state index contributed by atoms with van der Waals surface area (Å²) < 4.78 is 5.14. The van der Waals surface area contributed by atoms with Gasteiger partial charge in [0.2, 0.25) is 0 Å². The Bertz CT molecular complexity index is 995. The van der Waals surface area contributed by atoms with Crippen LogP contribution in [0.1, 0.15) is 31.2 Å². The van der Waals surface area contributed by atoms with E-state index in [2.05, 4.69) is 15.6 Å². The van der Waals surface area contributed by atoms with Crippen molar-refractivity contribution in [3.63, 3.8) is 0 Å². The van der Waals surface area contributed by atoms with Crippen molar-refractivity contribution in [2.45, 2.75) is 44.3 Å². The second-order valence-electron chi connectivity index (χ2n) is 7.59. The molecule has 168 valence electrons. The van der Waals surface area contributed by atoms with Crippen molar-refractivity contribution in [2.24, 2.45) is 0 Å². The molecule has 1 aliphatic rings. The number of aromatic hydroxyl groups is 1. The van der Waals surface area contributed by atoms with Crippen LogP contribution in [0.5, 0.6) is 11.5 Å². The van der Waals surface area contributed by atoms with Crippen LogP contribution in [-0.2, 0) is 6.54 Å². The minimum Gasteiger partial charge on any atom is -0.507 e. The van der Waals surface area contributed by atoms with Crippen LogP contribution < -0.4 is 15.4 Å². The van der Waals surface area contributed by atoms with Crippen LogP contribution in [0.15, 0.2) is 48.7 Å². The summed E-state index contributed by atoms with van der Waals surface area (Å²) >= 11 is 6.09. The van der Waals surface area contributed by atoms with E-state index in [1.165, 1.54) is 0 Å². The molecule has 0 spiro atoms. The highest BCUT2D eigenvalue weighted by Crippen LogP contribution is 2.29. The number of phenolic OH excluding ortho intramolecular Hbond substituents is 1. The highest BCUT2D eigenvalue weighted by molar-refractivity contribution is 6.31. The topological polar surface area (TPSA) is 66.4 Å². The molecule has 4 rings (SSSR count). The third-order valence-corrected chi connectivity index (χ3v) is 5.90. The van der Waals surface area contributed by atoms with Gasteiger partial charge < -0.3 is 20.5 Å². The summed E-state index contributed by atoms with van der Waals surface area (Å²) in [6, 6.07) is 14.2. The number of halogens is 3. The van der Waals surface area contributed by atoms with Crippen LogP contribution in [0, 0.1) is 0 Å². The largest absolute Gasteiger partial charge is 0.507 e. The Morgan fingerprint density at radius 1 is 1.03 bits per heavy atom. The molecule has 3 aromatic rings. The first-order valence-electron chi connectivity index (χ1n) is 10.0. The number of rotatable bonds is 6. The van der Waals surface area contributed by atoms with E-state index >= 15 is 0 Å². The van der Waals surface area contributed by atoms with Crippen LogP contribution in [0.3, 0.4) is 0 Å². The Morgan fingerprint density at radius 2 is 1.77 bits per heavy atom. The van der Waals surface area contributed by atoms with Gasteiger partial charge in [-0.2, -0.15) is 0 Å². The van der Waals surface area contributed by atoms with Gasteiger partial charge in [-0.25, -0.2) is 0 Å². The molecular weight excluding hydrogens is 457 g/mol. The van der Waals surface area contributed by atoms with Gasteiger partial charge in [0, 0.05) is 52.6 Å². The number of ether oxygens (including phenoxy) is 1. The van der Waals surface area contributed by atoms with Gasteiger partial charge in [0.05, 0.1) is 12.6 Å². The molecule has 1 aromatic heterocycles. The lowest BCUT2D eigenvalue weighted by Gasteiger charge is -2.30. The Balaban J connectivity index is 0.00000171. The average Bonchev–Trinajstić information content (AvgIpc) is 2.74. The lowest BCUT2D eigenvalue weighted by atomic mass is 9.90. The van der Waals surface area contributed by atoms with E-state index in [4.69, 9.17) is 16.3 Å². The number of hydrogen-bond donors (Lipinski definition) is 3. The third kappa shape index (κ3) is 6.30. The molecule has 2 aromatic carbocycles. The maximum absolute atomic E-state index is 10.1. The Morgan fingerprint density at radius 3 is 2.48 bits per heavy atom. The molecule has 0 atom stereocenters. The number of nitrogens with zero attached hydrogens (tertiary/aromatic N) is 1. The summed E-state index contributed by atoms with van der Waals surface area (Å²) in [6.45, 7) is 0.661. The molecule has 0 unspecified atom stereocenters. The number of aromatic nitrogens is 1. The summed E-state index contributed by atoms with van der Waals surface area (Å²) in [5, 5.41) is 19.2. The summed E-state index contributed by atoms with van der Waals surface area (Å²) in [4.78, 5) is 4.42. The fourth-order valence-corrected chi connectivity index (χ4v) is 4.15. The van der Waals surface area contributed by atoms with Gasteiger partial charge in [0.1, 0.15) is 11.5 Å². The summed E-state index contributed by atoms with van der Waals surface area (Å²) in [6.07, 6.45) is 6.23. The molecule has 1 aliphatic carbocycles. The molecule has 0 radical (unpaired) electrons. The molecule has 1 fully saturated rings. The normalized spacial score (nSPS) is 18.0. The molecule has 0 saturated heterocycles. The first kappa shape index (κ1) is 25.3. The van der Waals surface area contributed by atoms with E-state index < -0.39 is 0 Å². The van der Waals surface area contributed by atoms with Crippen LogP contribution >= 0.6 is 36.4 Å². The van der Waals surface area contributed by atoms with Gasteiger partial charge in [0.25, 0.3) is 0 Å². The van der Waals surface area contributed by atoms with E-state index in [9.17, 15) is 5.11 Å². The molecule has 3 N–H and O–H groups in total. The van der Waals surface area contributed by atoms with E-state index in [-0.39, 0.29) is 30.6 Å². The summed E-state index contributed by atoms with van der Waals surface area (Å²) in [7, 11) is 1.60. The summed E-state index contributed by atoms with van der Waals surface area (Å²) in [5.74, 6) is 0.945. The zero-order valence-electron chi connectivity index (χ0n) is 17.3. The van der Waals surface area contributed by atoms with Crippen LogP contribution in [0.4, 0.5) is 5.69 Å². The maximum Gasteiger partial charge on any atom is 0.123 e. The number of nitrogens with one attached hydrogen (secondary N) is 2. The Kier molecular flexibility index (Phi) is 9.51. The number of hydrogen-bond acceptors (Lipinski definition) is 5. The molecule has 8 heteroatoms. The Labute approximate surface area is 200 Å². The fraction of sp³-hybridized carbons (Fsp3) is 0.348. The standard InChI is InChI=1S/C23H26ClN3O2.2ClH/c1-29-19-8-2-15(23(28)13-19)14-26-17-4-6-18(7-5-17)27-21-10-11-25-22-12-16(24)3-9-20(21)22;;/h2-3,8-13,17-18,26,28H,4-7,14H2,1H3,(H,25,27);2*1H/t17-,18+;;. The highest BCUT2D eigenvalue weighted by Gasteiger charge is 2.21. The molecule has 31 heavy (non-hydrogen) atoms. The van der Waals surface area contributed by atoms with Crippen molar-refractivity contribution in [3.8, 4) is 11.5 Å². The third-order valence-electron chi connectivity index (χ3n) is 5.67. The smallest absolute Gasteiger partial charge is 0.123 e.